The molecule has 74 valence electrons. The van der Waals surface area contributed by atoms with Gasteiger partial charge >= 0.3 is 0 Å². The highest BCUT2D eigenvalue weighted by Gasteiger charge is 2.48. The summed E-state index contributed by atoms with van der Waals surface area (Å²) in [7, 11) is 0. The molecule has 1 aromatic rings. The van der Waals surface area contributed by atoms with Gasteiger partial charge in [-0.2, -0.15) is 0 Å². The molecule has 1 aliphatic heterocycles. The van der Waals surface area contributed by atoms with E-state index < -0.39 is 0 Å². The average Bonchev–Trinajstić information content (AvgIpc) is 2.16. The number of carbonyl (C=O) groups is 1. The van der Waals surface area contributed by atoms with Crippen LogP contribution in [-0.2, 0) is 4.79 Å². The van der Waals surface area contributed by atoms with E-state index in [1.165, 1.54) is 0 Å². The number of nitrogens with one attached hydrogen (secondary N) is 1. The minimum Gasteiger partial charge on any atom is -0.346 e. The van der Waals surface area contributed by atoms with E-state index in [2.05, 4.69) is 26.2 Å². The van der Waals surface area contributed by atoms with Gasteiger partial charge in [-0.25, -0.2) is 0 Å². The lowest BCUT2D eigenvalue weighted by Crippen LogP contribution is -2.58. The first kappa shape index (κ1) is 9.65. The van der Waals surface area contributed by atoms with Gasteiger partial charge in [-0.3, -0.25) is 9.78 Å². The summed E-state index contributed by atoms with van der Waals surface area (Å²) in [5.41, 5.74) is 0.582. The highest BCUT2D eigenvalue weighted by molar-refractivity contribution is 9.10. The van der Waals surface area contributed by atoms with Gasteiger partial charge < -0.3 is 5.32 Å². The van der Waals surface area contributed by atoms with Gasteiger partial charge in [0.25, 0.3) is 0 Å². The SMILES string of the molecule is CC1(C)C(=O)NC1c1ccc(Br)cn1. The normalized spacial score (nSPS) is 23.9. The molecule has 0 radical (unpaired) electrons. The van der Waals surface area contributed by atoms with Crippen molar-refractivity contribution in [2.24, 2.45) is 5.41 Å². The minimum absolute atomic E-state index is 0.0445. The van der Waals surface area contributed by atoms with Crippen LogP contribution in [0.15, 0.2) is 22.8 Å². The molecule has 2 heterocycles. The first-order valence-electron chi connectivity index (χ1n) is 4.44. The second kappa shape index (κ2) is 3.05. The number of hydrogen-bond acceptors (Lipinski definition) is 2. The predicted octanol–water partition coefficient (Wildman–Crippen LogP) is 2.04. The third-order valence-corrected chi connectivity index (χ3v) is 3.10. The number of carbonyl (C=O) groups excluding carboxylic acids is 1. The Bertz CT molecular complexity index is 372. The van der Waals surface area contributed by atoms with Crippen LogP contribution in [-0.4, -0.2) is 10.9 Å². The Morgan fingerprint density at radius 2 is 2.21 bits per heavy atom. The van der Waals surface area contributed by atoms with Crippen LogP contribution in [0.25, 0.3) is 0 Å². The molecule has 0 bridgehead atoms. The summed E-state index contributed by atoms with van der Waals surface area (Å²) in [4.78, 5) is 15.5. The Kier molecular flexibility index (Phi) is 2.10. The van der Waals surface area contributed by atoms with Crippen molar-refractivity contribution >= 4 is 21.8 Å². The van der Waals surface area contributed by atoms with Crippen molar-refractivity contribution in [3.05, 3.63) is 28.5 Å². The summed E-state index contributed by atoms with van der Waals surface area (Å²) in [5, 5.41) is 2.85. The molecule has 1 N–H and O–H groups in total. The maximum absolute atomic E-state index is 11.3. The summed E-state index contributed by atoms with van der Waals surface area (Å²) in [6.07, 6.45) is 1.75. The summed E-state index contributed by atoms with van der Waals surface area (Å²) in [5.74, 6) is 0.0900. The van der Waals surface area contributed by atoms with Crippen molar-refractivity contribution in [3.8, 4) is 0 Å². The minimum atomic E-state index is -0.333. The highest BCUT2D eigenvalue weighted by Crippen LogP contribution is 2.40. The topological polar surface area (TPSA) is 42.0 Å². The van der Waals surface area contributed by atoms with Gasteiger partial charge in [0.05, 0.1) is 17.2 Å². The van der Waals surface area contributed by atoms with E-state index in [9.17, 15) is 4.79 Å². The van der Waals surface area contributed by atoms with E-state index in [4.69, 9.17) is 0 Å². The smallest absolute Gasteiger partial charge is 0.228 e. The summed E-state index contributed by atoms with van der Waals surface area (Å²) in [6, 6.07) is 3.90. The van der Waals surface area contributed by atoms with E-state index in [-0.39, 0.29) is 17.4 Å². The Morgan fingerprint density at radius 3 is 2.64 bits per heavy atom. The molecule has 1 aromatic heterocycles. The molecule has 4 heteroatoms. The van der Waals surface area contributed by atoms with Gasteiger partial charge in [-0.05, 0) is 41.9 Å². The molecule has 2 rings (SSSR count). The predicted molar refractivity (Wildman–Crippen MR) is 56.6 cm³/mol. The van der Waals surface area contributed by atoms with Crippen molar-refractivity contribution in [1.82, 2.24) is 10.3 Å². The van der Waals surface area contributed by atoms with E-state index in [0.29, 0.717) is 0 Å². The number of amides is 1. The van der Waals surface area contributed by atoms with Crippen LogP contribution in [0.4, 0.5) is 0 Å². The fraction of sp³-hybridized carbons (Fsp3) is 0.400. The Hall–Kier alpha value is -0.900. The number of pyridine rings is 1. The van der Waals surface area contributed by atoms with Gasteiger partial charge in [0.1, 0.15) is 0 Å². The lowest BCUT2D eigenvalue weighted by Gasteiger charge is -2.43. The molecule has 1 unspecified atom stereocenters. The van der Waals surface area contributed by atoms with Crippen molar-refractivity contribution in [2.45, 2.75) is 19.9 Å². The molecule has 0 saturated carbocycles. The van der Waals surface area contributed by atoms with Crippen molar-refractivity contribution in [1.29, 1.82) is 0 Å². The maximum Gasteiger partial charge on any atom is 0.228 e. The molecule has 1 amide bonds. The van der Waals surface area contributed by atoms with E-state index in [0.717, 1.165) is 10.2 Å². The molecule has 0 aromatic carbocycles. The Morgan fingerprint density at radius 1 is 1.50 bits per heavy atom. The van der Waals surface area contributed by atoms with Gasteiger partial charge in [0.2, 0.25) is 5.91 Å². The maximum atomic E-state index is 11.3. The van der Waals surface area contributed by atoms with Gasteiger partial charge in [-0.15, -0.1) is 0 Å². The van der Waals surface area contributed by atoms with Crippen LogP contribution >= 0.6 is 15.9 Å². The lowest BCUT2D eigenvalue weighted by molar-refractivity contribution is -0.143. The van der Waals surface area contributed by atoms with Gasteiger partial charge in [0.15, 0.2) is 0 Å². The Balaban J connectivity index is 2.26. The molecular formula is C10H11BrN2O. The summed E-state index contributed by atoms with van der Waals surface area (Å²) in [6.45, 7) is 3.86. The molecule has 3 nitrogen and oxygen atoms in total. The van der Waals surface area contributed by atoms with E-state index in [1.807, 2.05) is 26.0 Å². The monoisotopic (exact) mass is 254 g/mol. The number of aromatic nitrogens is 1. The van der Waals surface area contributed by atoms with Crippen LogP contribution in [0.3, 0.4) is 0 Å². The molecule has 0 aliphatic carbocycles. The fourth-order valence-electron chi connectivity index (χ4n) is 1.55. The number of nitrogens with zero attached hydrogens (tertiary/aromatic N) is 1. The van der Waals surface area contributed by atoms with Crippen LogP contribution in [0, 0.1) is 5.41 Å². The van der Waals surface area contributed by atoms with E-state index >= 15 is 0 Å². The van der Waals surface area contributed by atoms with Gasteiger partial charge in [0, 0.05) is 10.7 Å². The molecule has 1 aliphatic rings. The van der Waals surface area contributed by atoms with Gasteiger partial charge in [-0.1, -0.05) is 0 Å². The fourth-order valence-corrected chi connectivity index (χ4v) is 1.79. The highest BCUT2D eigenvalue weighted by atomic mass is 79.9. The zero-order valence-corrected chi connectivity index (χ0v) is 9.63. The molecule has 1 saturated heterocycles. The van der Waals surface area contributed by atoms with E-state index in [1.54, 1.807) is 6.20 Å². The second-order valence-electron chi connectivity index (χ2n) is 4.03. The first-order valence-corrected chi connectivity index (χ1v) is 5.23. The average molecular weight is 255 g/mol. The lowest BCUT2D eigenvalue weighted by atomic mass is 9.74. The van der Waals surface area contributed by atoms with Crippen LogP contribution in [0.2, 0.25) is 0 Å². The van der Waals surface area contributed by atoms with Crippen LogP contribution < -0.4 is 5.32 Å². The quantitative estimate of drug-likeness (QED) is 0.780. The second-order valence-corrected chi connectivity index (χ2v) is 4.95. The standard InChI is InChI=1S/C10H11BrN2O/c1-10(2)8(13-9(10)14)7-4-3-6(11)5-12-7/h3-5,8H,1-2H3,(H,13,14). The van der Waals surface area contributed by atoms with Crippen molar-refractivity contribution in [2.75, 3.05) is 0 Å². The van der Waals surface area contributed by atoms with Crippen molar-refractivity contribution in [3.63, 3.8) is 0 Å². The first-order chi connectivity index (χ1) is 6.51. The molecule has 0 spiro atoms. The van der Waals surface area contributed by atoms with Crippen molar-refractivity contribution < 1.29 is 4.79 Å². The zero-order chi connectivity index (χ0) is 10.3. The third kappa shape index (κ3) is 1.34. The summed E-state index contributed by atoms with van der Waals surface area (Å²) < 4.78 is 0.949. The summed E-state index contributed by atoms with van der Waals surface area (Å²) >= 11 is 3.33. The number of β-lactam (4-membered cyclic amide) rings is 1. The van der Waals surface area contributed by atoms with Crippen LogP contribution in [0.1, 0.15) is 25.6 Å². The van der Waals surface area contributed by atoms with Crippen LogP contribution in [0.5, 0.6) is 0 Å². The number of hydrogen-bond donors (Lipinski definition) is 1. The molecule has 1 atom stereocenters. The molecular weight excluding hydrogens is 244 g/mol. The number of rotatable bonds is 1. The molecule has 14 heavy (non-hydrogen) atoms. The zero-order valence-electron chi connectivity index (χ0n) is 8.04. The third-order valence-electron chi connectivity index (χ3n) is 2.63. The number of halogens is 1. The Labute approximate surface area is 91.0 Å². The largest absolute Gasteiger partial charge is 0.346 e. The molecule has 1 fully saturated rings.